The van der Waals surface area contributed by atoms with E-state index in [1.165, 1.54) is 42.4 Å². The summed E-state index contributed by atoms with van der Waals surface area (Å²) in [5, 5.41) is 10.4. The molecular formula is C19H22O2. The minimum atomic E-state index is -0.535. The Bertz CT molecular complexity index is 655. The van der Waals surface area contributed by atoms with Crippen molar-refractivity contribution in [1.29, 1.82) is 0 Å². The van der Waals surface area contributed by atoms with Gasteiger partial charge in [0.25, 0.3) is 0 Å². The van der Waals surface area contributed by atoms with Gasteiger partial charge in [0.2, 0.25) is 0 Å². The largest absolute Gasteiger partial charge is 0.463 e. The molecule has 0 spiro atoms. The molecule has 0 radical (unpaired) electrons. The third-order valence-electron chi connectivity index (χ3n) is 5.04. The lowest BCUT2D eigenvalue weighted by Gasteiger charge is -2.09. The van der Waals surface area contributed by atoms with Gasteiger partial charge in [-0.25, -0.2) is 0 Å². The van der Waals surface area contributed by atoms with Crippen LogP contribution in [-0.4, -0.2) is 5.11 Å². The average molecular weight is 282 g/mol. The predicted octanol–water partition coefficient (Wildman–Crippen LogP) is 4.17. The molecule has 1 fully saturated rings. The molecule has 3 unspecified atom stereocenters. The minimum Gasteiger partial charge on any atom is -0.463 e. The molecule has 1 saturated carbocycles. The van der Waals surface area contributed by atoms with E-state index < -0.39 is 6.10 Å². The van der Waals surface area contributed by atoms with Crippen LogP contribution in [0.2, 0.25) is 0 Å². The standard InChI is InChI=1S/C19H22O2/c1-12-9-16(12)18-7-8-19(21-18)17(20)11-13-5-6-14-3-2-4-15(14)10-13/h5-8,10,12,16-17,20H,2-4,9,11H2,1H3. The second-order valence-corrected chi connectivity index (χ2v) is 6.74. The zero-order valence-corrected chi connectivity index (χ0v) is 12.5. The number of aryl methyl sites for hydroxylation is 2. The SMILES string of the molecule is CC1CC1c1ccc(C(O)Cc2ccc3c(c2)CCC3)o1. The molecule has 1 heterocycles. The summed E-state index contributed by atoms with van der Waals surface area (Å²) in [5.41, 5.74) is 4.16. The Labute approximate surface area is 125 Å². The molecule has 2 aliphatic rings. The van der Waals surface area contributed by atoms with Crippen LogP contribution in [-0.2, 0) is 19.3 Å². The van der Waals surface area contributed by atoms with Crippen LogP contribution in [0.5, 0.6) is 0 Å². The molecule has 2 heteroatoms. The Morgan fingerprint density at radius 3 is 2.81 bits per heavy atom. The van der Waals surface area contributed by atoms with Crippen molar-refractivity contribution in [3.05, 3.63) is 58.5 Å². The van der Waals surface area contributed by atoms with Gasteiger partial charge < -0.3 is 9.52 Å². The van der Waals surface area contributed by atoms with Crippen molar-refractivity contribution in [1.82, 2.24) is 0 Å². The van der Waals surface area contributed by atoms with Crippen molar-refractivity contribution in [2.45, 2.75) is 51.0 Å². The van der Waals surface area contributed by atoms with Gasteiger partial charge in [-0.05, 0) is 60.4 Å². The van der Waals surface area contributed by atoms with E-state index in [0.29, 0.717) is 18.1 Å². The van der Waals surface area contributed by atoms with Gasteiger partial charge in [0.1, 0.15) is 17.6 Å². The van der Waals surface area contributed by atoms with Gasteiger partial charge in [0, 0.05) is 12.3 Å². The van der Waals surface area contributed by atoms with Crippen LogP contribution in [0.1, 0.15) is 60.0 Å². The van der Waals surface area contributed by atoms with Gasteiger partial charge in [0.15, 0.2) is 0 Å². The maximum Gasteiger partial charge on any atom is 0.133 e. The summed E-state index contributed by atoms with van der Waals surface area (Å²) >= 11 is 0. The fourth-order valence-electron chi connectivity index (χ4n) is 3.54. The molecule has 21 heavy (non-hydrogen) atoms. The van der Waals surface area contributed by atoms with Gasteiger partial charge in [-0.2, -0.15) is 0 Å². The van der Waals surface area contributed by atoms with E-state index in [-0.39, 0.29) is 0 Å². The molecule has 4 rings (SSSR count). The van der Waals surface area contributed by atoms with E-state index in [1.54, 1.807) is 0 Å². The molecule has 2 nitrogen and oxygen atoms in total. The summed E-state index contributed by atoms with van der Waals surface area (Å²) in [6, 6.07) is 10.6. The smallest absolute Gasteiger partial charge is 0.133 e. The highest BCUT2D eigenvalue weighted by Gasteiger charge is 2.36. The Balaban J connectivity index is 1.47. The predicted molar refractivity (Wildman–Crippen MR) is 82.4 cm³/mol. The molecular weight excluding hydrogens is 260 g/mol. The maximum atomic E-state index is 10.4. The maximum absolute atomic E-state index is 10.4. The summed E-state index contributed by atoms with van der Waals surface area (Å²) in [6.07, 6.45) is 4.98. The lowest BCUT2D eigenvalue weighted by molar-refractivity contribution is 0.148. The quantitative estimate of drug-likeness (QED) is 0.913. The van der Waals surface area contributed by atoms with Crippen LogP contribution in [0, 0.1) is 5.92 Å². The monoisotopic (exact) mass is 282 g/mol. The van der Waals surface area contributed by atoms with Crippen molar-refractivity contribution in [2.75, 3.05) is 0 Å². The molecule has 2 aliphatic carbocycles. The summed E-state index contributed by atoms with van der Waals surface area (Å²) in [6.45, 7) is 2.24. The van der Waals surface area contributed by atoms with Crippen LogP contribution in [0.4, 0.5) is 0 Å². The molecule has 1 N–H and O–H groups in total. The lowest BCUT2D eigenvalue weighted by Crippen LogP contribution is -2.01. The van der Waals surface area contributed by atoms with Crippen molar-refractivity contribution in [2.24, 2.45) is 5.92 Å². The Kier molecular flexibility index (Phi) is 3.15. The van der Waals surface area contributed by atoms with Crippen molar-refractivity contribution in [3.63, 3.8) is 0 Å². The van der Waals surface area contributed by atoms with Crippen LogP contribution in [0.25, 0.3) is 0 Å². The number of rotatable bonds is 4. The average Bonchev–Trinajstić information content (AvgIpc) is 2.94. The Morgan fingerprint density at radius 2 is 2.00 bits per heavy atom. The topological polar surface area (TPSA) is 33.4 Å². The van der Waals surface area contributed by atoms with Gasteiger partial charge in [-0.15, -0.1) is 0 Å². The number of aliphatic hydroxyl groups excluding tert-OH is 1. The summed E-state index contributed by atoms with van der Waals surface area (Å²) in [5.74, 6) is 3.07. The molecule has 3 atom stereocenters. The molecule has 1 aromatic carbocycles. The zero-order valence-electron chi connectivity index (χ0n) is 12.5. The lowest BCUT2D eigenvalue weighted by atomic mass is 10.0. The van der Waals surface area contributed by atoms with Crippen molar-refractivity contribution < 1.29 is 9.52 Å². The highest BCUT2D eigenvalue weighted by molar-refractivity contribution is 5.35. The van der Waals surface area contributed by atoms with Crippen molar-refractivity contribution in [3.8, 4) is 0 Å². The van der Waals surface area contributed by atoms with Gasteiger partial charge in [-0.3, -0.25) is 0 Å². The van der Waals surface area contributed by atoms with E-state index in [9.17, 15) is 5.11 Å². The van der Waals surface area contributed by atoms with Crippen LogP contribution in [0.15, 0.2) is 34.7 Å². The number of aliphatic hydroxyl groups is 1. The first-order valence-corrected chi connectivity index (χ1v) is 8.09. The number of furan rings is 1. The number of benzene rings is 1. The van der Waals surface area contributed by atoms with E-state index in [1.807, 2.05) is 12.1 Å². The molecule has 0 saturated heterocycles. The first-order chi connectivity index (χ1) is 10.2. The number of fused-ring (bicyclic) bond motifs is 1. The van der Waals surface area contributed by atoms with Gasteiger partial charge in [0.05, 0.1) is 0 Å². The second-order valence-electron chi connectivity index (χ2n) is 6.74. The van der Waals surface area contributed by atoms with Gasteiger partial charge in [-0.1, -0.05) is 25.1 Å². The number of hydrogen-bond acceptors (Lipinski definition) is 2. The third-order valence-corrected chi connectivity index (χ3v) is 5.04. The molecule has 0 bridgehead atoms. The van der Waals surface area contributed by atoms with Crippen molar-refractivity contribution >= 4 is 0 Å². The third kappa shape index (κ3) is 2.53. The molecule has 0 amide bonds. The Hall–Kier alpha value is -1.54. The zero-order chi connectivity index (χ0) is 14.4. The number of hydrogen-bond donors (Lipinski definition) is 1. The summed E-state index contributed by atoms with van der Waals surface area (Å²) in [7, 11) is 0. The van der Waals surface area contributed by atoms with E-state index in [0.717, 1.165) is 11.7 Å². The highest BCUT2D eigenvalue weighted by Crippen LogP contribution is 2.47. The normalized spacial score (nSPS) is 24.9. The first-order valence-electron chi connectivity index (χ1n) is 8.09. The van der Waals surface area contributed by atoms with Gasteiger partial charge >= 0.3 is 0 Å². The fraction of sp³-hybridized carbons (Fsp3) is 0.474. The summed E-state index contributed by atoms with van der Waals surface area (Å²) < 4.78 is 5.85. The van der Waals surface area contributed by atoms with E-state index in [4.69, 9.17) is 4.42 Å². The van der Waals surface area contributed by atoms with Crippen LogP contribution < -0.4 is 0 Å². The second kappa shape index (κ2) is 5.03. The highest BCUT2D eigenvalue weighted by atomic mass is 16.4. The summed E-state index contributed by atoms with van der Waals surface area (Å²) in [4.78, 5) is 0. The van der Waals surface area contributed by atoms with Crippen LogP contribution in [0.3, 0.4) is 0 Å². The first kappa shape index (κ1) is 13.1. The Morgan fingerprint density at radius 1 is 1.19 bits per heavy atom. The van der Waals surface area contributed by atoms with E-state index in [2.05, 4.69) is 25.1 Å². The van der Waals surface area contributed by atoms with Crippen LogP contribution >= 0.6 is 0 Å². The minimum absolute atomic E-state index is 0.535. The van der Waals surface area contributed by atoms with E-state index >= 15 is 0 Å². The molecule has 110 valence electrons. The molecule has 0 aliphatic heterocycles. The molecule has 2 aromatic rings. The fourth-order valence-corrected chi connectivity index (χ4v) is 3.54. The molecule has 1 aromatic heterocycles.